The average Bonchev–Trinajstić information content (AvgIpc) is 3.14. The largest absolute Gasteiger partial charge is 0.390 e. The van der Waals surface area contributed by atoms with E-state index in [4.69, 9.17) is 14.2 Å². The minimum absolute atomic E-state index is 0.0544. The minimum atomic E-state index is -0.537. The summed E-state index contributed by atoms with van der Waals surface area (Å²) in [4.78, 5) is 0. The number of ether oxygens (including phenoxy) is 3. The smallest absolute Gasteiger partial charge is 0.168 e. The Labute approximate surface area is 130 Å². The van der Waals surface area contributed by atoms with Crippen molar-refractivity contribution in [3.63, 3.8) is 0 Å². The lowest BCUT2D eigenvalue weighted by atomic mass is 9.68. The Kier molecular flexibility index (Phi) is 3.78. The van der Waals surface area contributed by atoms with Gasteiger partial charge in [0.2, 0.25) is 0 Å². The van der Waals surface area contributed by atoms with Gasteiger partial charge in [0.05, 0.1) is 24.4 Å². The van der Waals surface area contributed by atoms with Gasteiger partial charge in [-0.05, 0) is 43.8 Å². The molecule has 120 valence electrons. The van der Waals surface area contributed by atoms with Crippen LogP contribution in [0.3, 0.4) is 0 Å². The Morgan fingerprint density at radius 3 is 2.33 bits per heavy atom. The van der Waals surface area contributed by atoms with E-state index in [9.17, 15) is 5.11 Å². The van der Waals surface area contributed by atoms with Crippen molar-refractivity contribution in [1.82, 2.24) is 0 Å². The van der Waals surface area contributed by atoms with Crippen molar-refractivity contribution < 1.29 is 19.3 Å². The van der Waals surface area contributed by atoms with E-state index < -0.39 is 5.60 Å². The van der Waals surface area contributed by atoms with E-state index in [2.05, 4.69) is 0 Å². The number of hydrogen-bond donors (Lipinski definition) is 1. The summed E-state index contributed by atoms with van der Waals surface area (Å²) in [6, 6.07) is 0. The highest BCUT2D eigenvalue weighted by molar-refractivity contribution is 7.99. The standard InChI is InChI=1S/C16H26O4S/c17-15(2-4-16(5-3-15)19-8-9-20-16)13-1-7-18-14(11-13)6-10-21-12-14/h13,17H,1-12H2. The molecule has 5 heteroatoms. The Hall–Kier alpha value is 0.190. The fourth-order valence-corrected chi connectivity index (χ4v) is 5.99. The zero-order valence-corrected chi connectivity index (χ0v) is 13.5. The van der Waals surface area contributed by atoms with Gasteiger partial charge in [-0.1, -0.05) is 0 Å². The van der Waals surface area contributed by atoms with Gasteiger partial charge in [0.1, 0.15) is 0 Å². The molecule has 0 aromatic carbocycles. The molecule has 1 aliphatic carbocycles. The Bertz CT molecular complexity index is 378. The molecule has 4 fully saturated rings. The van der Waals surface area contributed by atoms with Crippen LogP contribution in [0.2, 0.25) is 0 Å². The first-order chi connectivity index (χ1) is 10.1. The third kappa shape index (κ3) is 2.65. The lowest BCUT2D eigenvalue weighted by Crippen LogP contribution is -2.52. The molecule has 3 heterocycles. The van der Waals surface area contributed by atoms with Crippen molar-refractivity contribution in [1.29, 1.82) is 0 Å². The van der Waals surface area contributed by atoms with Gasteiger partial charge in [-0.3, -0.25) is 0 Å². The van der Waals surface area contributed by atoms with E-state index in [1.807, 2.05) is 11.8 Å². The fraction of sp³-hybridized carbons (Fsp3) is 1.00. The van der Waals surface area contributed by atoms with Gasteiger partial charge in [0, 0.05) is 25.2 Å². The molecule has 3 saturated heterocycles. The molecule has 2 spiro atoms. The van der Waals surface area contributed by atoms with Crippen LogP contribution in [-0.4, -0.2) is 53.4 Å². The maximum Gasteiger partial charge on any atom is 0.168 e. The molecule has 4 nitrogen and oxygen atoms in total. The molecule has 0 amide bonds. The average molecular weight is 314 g/mol. The van der Waals surface area contributed by atoms with Gasteiger partial charge in [-0.2, -0.15) is 11.8 Å². The molecular weight excluding hydrogens is 288 g/mol. The highest BCUT2D eigenvalue weighted by Gasteiger charge is 2.52. The lowest BCUT2D eigenvalue weighted by Gasteiger charge is -2.49. The monoisotopic (exact) mass is 314 g/mol. The highest BCUT2D eigenvalue weighted by Crippen LogP contribution is 2.49. The highest BCUT2D eigenvalue weighted by atomic mass is 32.2. The first kappa shape index (κ1) is 14.8. The van der Waals surface area contributed by atoms with Crippen LogP contribution in [0, 0.1) is 5.92 Å². The second kappa shape index (κ2) is 5.38. The first-order valence-corrected chi connectivity index (χ1v) is 9.51. The Balaban J connectivity index is 1.43. The van der Waals surface area contributed by atoms with Gasteiger partial charge in [-0.15, -0.1) is 0 Å². The molecule has 0 radical (unpaired) electrons. The molecule has 1 saturated carbocycles. The summed E-state index contributed by atoms with van der Waals surface area (Å²) in [5.74, 6) is 2.31. The first-order valence-electron chi connectivity index (χ1n) is 8.36. The van der Waals surface area contributed by atoms with Crippen LogP contribution in [0.1, 0.15) is 44.9 Å². The minimum Gasteiger partial charge on any atom is -0.390 e. The molecular formula is C16H26O4S. The molecule has 0 bridgehead atoms. The van der Waals surface area contributed by atoms with Gasteiger partial charge < -0.3 is 19.3 Å². The number of aliphatic hydroxyl groups is 1. The third-order valence-corrected chi connectivity index (χ3v) is 7.23. The van der Waals surface area contributed by atoms with Crippen LogP contribution in [-0.2, 0) is 14.2 Å². The van der Waals surface area contributed by atoms with Crippen molar-refractivity contribution >= 4 is 11.8 Å². The Morgan fingerprint density at radius 1 is 0.905 bits per heavy atom. The van der Waals surface area contributed by atoms with Crippen LogP contribution in [0.15, 0.2) is 0 Å². The van der Waals surface area contributed by atoms with Gasteiger partial charge >= 0.3 is 0 Å². The van der Waals surface area contributed by atoms with Crippen molar-refractivity contribution in [3.8, 4) is 0 Å². The molecule has 2 atom stereocenters. The number of hydrogen-bond acceptors (Lipinski definition) is 5. The summed E-state index contributed by atoms with van der Waals surface area (Å²) in [6.45, 7) is 2.22. The number of rotatable bonds is 1. The summed E-state index contributed by atoms with van der Waals surface area (Å²) >= 11 is 2.00. The van der Waals surface area contributed by atoms with Crippen LogP contribution in [0.4, 0.5) is 0 Å². The maximum absolute atomic E-state index is 11.2. The predicted octanol–water partition coefficient (Wildman–Crippen LogP) is 2.34. The second-order valence-electron chi connectivity index (χ2n) is 7.23. The summed E-state index contributed by atoms with van der Waals surface area (Å²) in [7, 11) is 0. The zero-order valence-electron chi connectivity index (χ0n) is 12.6. The van der Waals surface area contributed by atoms with Crippen molar-refractivity contribution in [3.05, 3.63) is 0 Å². The van der Waals surface area contributed by atoms with Crippen LogP contribution < -0.4 is 0 Å². The normalized spacial score (nSPS) is 41.9. The van der Waals surface area contributed by atoms with E-state index in [0.717, 1.165) is 57.3 Å². The second-order valence-corrected chi connectivity index (χ2v) is 8.34. The zero-order chi connectivity index (χ0) is 14.4. The van der Waals surface area contributed by atoms with E-state index in [-0.39, 0.29) is 11.4 Å². The van der Waals surface area contributed by atoms with Gasteiger partial charge in [0.25, 0.3) is 0 Å². The lowest BCUT2D eigenvalue weighted by molar-refractivity contribution is -0.220. The number of thioether (sulfide) groups is 1. The van der Waals surface area contributed by atoms with Crippen LogP contribution in [0.25, 0.3) is 0 Å². The van der Waals surface area contributed by atoms with E-state index in [0.29, 0.717) is 19.1 Å². The van der Waals surface area contributed by atoms with Gasteiger partial charge in [-0.25, -0.2) is 0 Å². The maximum atomic E-state index is 11.2. The topological polar surface area (TPSA) is 47.9 Å². The molecule has 0 aromatic heterocycles. The van der Waals surface area contributed by atoms with Crippen molar-refractivity contribution in [2.45, 2.75) is 61.9 Å². The van der Waals surface area contributed by atoms with E-state index in [1.54, 1.807) is 0 Å². The molecule has 21 heavy (non-hydrogen) atoms. The van der Waals surface area contributed by atoms with Crippen molar-refractivity contribution in [2.24, 2.45) is 5.92 Å². The fourth-order valence-electron chi connectivity index (χ4n) is 4.61. The molecule has 3 aliphatic heterocycles. The third-order valence-electron chi connectivity index (χ3n) is 6.01. The molecule has 4 rings (SSSR count). The van der Waals surface area contributed by atoms with Crippen LogP contribution in [0.5, 0.6) is 0 Å². The quantitative estimate of drug-likeness (QED) is 0.805. The summed E-state index contributed by atoms with van der Waals surface area (Å²) < 4.78 is 17.7. The van der Waals surface area contributed by atoms with Crippen molar-refractivity contribution in [2.75, 3.05) is 31.3 Å². The summed E-state index contributed by atoms with van der Waals surface area (Å²) in [5, 5.41) is 11.2. The summed E-state index contributed by atoms with van der Waals surface area (Å²) in [5.41, 5.74) is -0.483. The van der Waals surface area contributed by atoms with E-state index in [1.165, 1.54) is 5.75 Å². The predicted molar refractivity (Wildman–Crippen MR) is 81.4 cm³/mol. The molecule has 1 N–H and O–H groups in total. The van der Waals surface area contributed by atoms with Crippen LogP contribution >= 0.6 is 11.8 Å². The molecule has 4 aliphatic rings. The van der Waals surface area contributed by atoms with E-state index >= 15 is 0 Å². The molecule has 2 unspecified atom stereocenters. The summed E-state index contributed by atoms with van der Waals surface area (Å²) in [6.07, 6.45) is 6.47. The molecule has 0 aromatic rings. The Morgan fingerprint density at radius 2 is 1.67 bits per heavy atom. The SMILES string of the molecule is OC1(C2CCOC3(CCSC3)C2)CCC2(CC1)OCCO2. The van der Waals surface area contributed by atoms with Gasteiger partial charge in [0.15, 0.2) is 5.79 Å².